The molecule has 0 aromatic carbocycles. The summed E-state index contributed by atoms with van der Waals surface area (Å²) in [6.45, 7) is 4.07. The van der Waals surface area contributed by atoms with Crippen molar-refractivity contribution in [2.24, 2.45) is 11.3 Å². The molecule has 2 fully saturated rings. The Balaban J connectivity index is 1.57. The highest BCUT2D eigenvalue weighted by Gasteiger charge is 2.51. The summed E-state index contributed by atoms with van der Waals surface area (Å²) in [7, 11) is 0. The van der Waals surface area contributed by atoms with E-state index in [4.69, 9.17) is 4.74 Å². The van der Waals surface area contributed by atoms with Crippen molar-refractivity contribution in [2.75, 3.05) is 32.9 Å². The molecule has 7 nitrogen and oxygen atoms in total. The number of carbonyl (C=O) groups is 1. The van der Waals surface area contributed by atoms with Crippen molar-refractivity contribution >= 4 is 5.91 Å². The first-order valence-electron chi connectivity index (χ1n) is 8.35. The molecule has 4 heterocycles. The van der Waals surface area contributed by atoms with Crippen LogP contribution in [0.4, 0.5) is 0 Å². The zero-order valence-electron chi connectivity index (χ0n) is 14.1. The molecular weight excluding hydrogens is 320 g/mol. The Labute approximate surface area is 145 Å². The summed E-state index contributed by atoms with van der Waals surface area (Å²) in [5.41, 5.74) is 1.64. The Bertz CT molecular complexity index is 798. The van der Waals surface area contributed by atoms with Crippen LogP contribution in [0.25, 0.3) is 11.4 Å². The van der Waals surface area contributed by atoms with Gasteiger partial charge in [-0.05, 0) is 19.1 Å². The van der Waals surface area contributed by atoms with E-state index >= 15 is 0 Å². The molecule has 2 aromatic rings. The highest BCUT2D eigenvalue weighted by Crippen LogP contribution is 2.41. The Morgan fingerprint density at radius 2 is 2.36 bits per heavy atom. The maximum absolute atomic E-state index is 12.9. The van der Waals surface area contributed by atoms with Crippen LogP contribution < -0.4 is 0 Å². The number of pyridine rings is 1. The molecule has 25 heavy (non-hydrogen) atoms. The first-order chi connectivity index (χ1) is 12.1. The molecule has 0 radical (unpaired) electrons. The van der Waals surface area contributed by atoms with Crippen LogP contribution in [-0.2, 0) is 4.74 Å². The Morgan fingerprint density at radius 1 is 1.48 bits per heavy atom. The third-order valence-electron chi connectivity index (χ3n) is 5.25. The van der Waals surface area contributed by atoms with Gasteiger partial charge in [0.2, 0.25) is 0 Å². The lowest BCUT2D eigenvalue weighted by atomic mass is 9.82. The molecule has 4 rings (SSSR count). The number of likely N-dealkylation sites (tertiary alicyclic amines) is 1. The van der Waals surface area contributed by atoms with Gasteiger partial charge in [0, 0.05) is 48.6 Å². The highest BCUT2D eigenvalue weighted by atomic mass is 16.5. The molecule has 0 aliphatic carbocycles. The number of hydrogen-bond acceptors (Lipinski definition) is 6. The van der Waals surface area contributed by atoms with Crippen molar-refractivity contribution in [1.29, 1.82) is 0 Å². The summed E-state index contributed by atoms with van der Waals surface area (Å²) >= 11 is 0. The second-order valence-electron chi connectivity index (χ2n) is 6.85. The maximum atomic E-state index is 12.9. The smallest absolute Gasteiger partial charge is 0.257 e. The van der Waals surface area contributed by atoms with E-state index in [0.717, 1.165) is 5.56 Å². The zero-order valence-corrected chi connectivity index (χ0v) is 14.1. The van der Waals surface area contributed by atoms with E-state index in [0.29, 0.717) is 43.4 Å². The van der Waals surface area contributed by atoms with Gasteiger partial charge in [0.05, 0.1) is 31.1 Å². The molecule has 7 heteroatoms. The molecule has 0 spiro atoms. The van der Waals surface area contributed by atoms with E-state index in [-0.39, 0.29) is 23.8 Å². The molecule has 0 bridgehead atoms. The van der Waals surface area contributed by atoms with Gasteiger partial charge in [0.1, 0.15) is 0 Å². The fraction of sp³-hybridized carbons (Fsp3) is 0.444. The number of rotatable bonds is 3. The number of aryl methyl sites for hydroxylation is 1. The van der Waals surface area contributed by atoms with Crippen LogP contribution in [0, 0.1) is 18.3 Å². The first kappa shape index (κ1) is 16.1. The van der Waals surface area contributed by atoms with Crippen LogP contribution in [0.3, 0.4) is 0 Å². The largest absolute Gasteiger partial charge is 0.396 e. The van der Waals surface area contributed by atoms with Crippen molar-refractivity contribution in [1.82, 2.24) is 19.9 Å². The number of aliphatic hydroxyl groups is 1. The molecule has 2 saturated heterocycles. The van der Waals surface area contributed by atoms with Gasteiger partial charge in [-0.1, -0.05) is 0 Å². The lowest BCUT2D eigenvalue weighted by Crippen LogP contribution is -2.36. The van der Waals surface area contributed by atoms with E-state index in [2.05, 4.69) is 15.0 Å². The van der Waals surface area contributed by atoms with Gasteiger partial charge >= 0.3 is 0 Å². The van der Waals surface area contributed by atoms with Gasteiger partial charge in [0.25, 0.3) is 5.91 Å². The summed E-state index contributed by atoms with van der Waals surface area (Å²) in [6, 6.07) is 3.71. The third-order valence-corrected chi connectivity index (χ3v) is 5.25. The quantitative estimate of drug-likeness (QED) is 0.894. The van der Waals surface area contributed by atoms with Crippen LogP contribution in [0.2, 0.25) is 0 Å². The minimum Gasteiger partial charge on any atom is -0.396 e. The number of fused-ring (bicyclic) bond motifs is 1. The molecule has 0 unspecified atom stereocenters. The Morgan fingerprint density at radius 3 is 3.04 bits per heavy atom. The van der Waals surface area contributed by atoms with Crippen molar-refractivity contribution in [3.63, 3.8) is 0 Å². The average Bonchev–Trinajstić information content (AvgIpc) is 3.19. The molecular formula is C18H20N4O3. The minimum atomic E-state index is -0.319. The van der Waals surface area contributed by atoms with Crippen LogP contribution in [0.1, 0.15) is 16.1 Å². The number of carbonyl (C=O) groups excluding carboxylic acids is 1. The van der Waals surface area contributed by atoms with E-state index < -0.39 is 0 Å². The number of ether oxygens (including phenoxy) is 1. The Hall–Kier alpha value is -2.38. The second kappa shape index (κ2) is 6.16. The fourth-order valence-electron chi connectivity index (χ4n) is 3.69. The van der Waals surface area contributed by atoms with Crippen LogP contribution in [-0.4, -0.2) is 63.8 Å². The number of hydrogen-bond donors (Lipinski definition) is 1. The average molecular weight is 340 g/mol. The molecule has 0 saturated carbocycles. The van der Waals surface area contributed by atoms with Gasteiger partial charge in [-0.2, -0.15) is 0 Å². The predicted octanol–water partition coefficient (Wildman–Crippen LogP) is 0.928. The second-order valence-corrected chi connectivity index (χ2v) is 6.85. The first-order valence-corrected chi connectivity index (χ1v) is 8.35. The van der Waals surface area contributed by atoms with E-state index in [1.54, 1.807) is 23.5 Å². The maximum Gasteiger partial charge on any atom is 0.257 e. The lowest BCUT2D eigenvalue weighted by Gasteiger charge is -2.24. The van der Waals surface area contributed by atoms with Gasteiger partial charge in [-0.25, -0.2) is 9.97 Å². The zero-order chi connectivity index (χ0) is 17.4. The van der Waals surface area contributed by atoms with Crippen LogP contribution in [0.5, 0.6) is 0 Å². The van der Waals surface area contributed by atoms with Crippen LogP contribution >= 0.6 is 0 Å². The molecule has 1 amide bonds. The van der Waals surface area contributed by atoms with Gasteiger partial charge in [0.15, 0.2) is 5.82 Å². The van der Waals surface area contributed by atoms with Crippen molar-refractivity contribution in [3.05, 3.63) is 42.0 Å². The summed E-state index contributed by atoms with van der Waals surface area (Å²) in [5, 5.41) is 9.77. The fourth-order valence-corrected chi connectivity index (χ4v) is 3.69. The topological polar surface area (TPSA) is 88.4 Å². The Kier molecular flexibility index (Phi) is 3.97. The molecule has 2 aromatic heterocycles. The number of amides is 1. The number of aromatic nitrogens is 3. The molecule has 2 aliphatic rings. The van der Waals surface area contributed by atoms with E-state index in [1.807, 2.05) is 19.1 Å². The van der Waals surface area contributed by atoms with Crippen molar-refractivity contribution in [2.45, 2.75) is 6.92 Å². The monoisotopic (exact) mass is 340 g/mol. The molecule has 2 aliphatic heterocycles. The summed E-state index contributed by atoms with van der Waals surface area (Å²) < 4.78 is 5.50. The van der Waals surface area contributed by atoms with Crippen LogP contribution in [0.15, 0.2) is 30.7 Å². The van der Waals surface area contributed by atoms with Gasteiger partial charge < -0.3 is 14.7 Å². The number of aliphatic hydroxyl groups excluding tert-OH is 1. The van der Waals surface area contributed by atoms with Gasteiger partial charge in [-0.15, -0.1) is 0 Å². The highest BCUT2D eigenvalue weighted by molar-refractivity contribution is 5.95. The summed E-state index contributed by atoms with van der Waals surface area (Å²) in [6.07, 6.45) is 4.98. The molecule has 130 valence electrons. The standard InChI is InChI=1S/C18H20N4O3/c1-12-15(6-20-16(21-12)13-3-2-4-19-5-13)17(24)22-7-14-8-25-11-18(14,9-22)10-23/h2-6,14,23H,7-11H2,1H3/t14-,18-/m0/s1. The molecule has 1 N–H and O–H groups in total. The van der Waals surface area contributed by atoms with Gasteiger partial charge in [-0.3, -0.25) is 9.78 Å². The SMILES string of the molecule is Cc1nc(-c2cccnc2)ncc1C(=O)N1C[C@H]2COC[C@@]2(CO)C1. The normalized spacial score (nSPS) is 25.2. The summed E-state index contributed by atoms with van der Waals surface area (Å²) in [5.74, 6) is 0.662. The van der Waals surface area contributed by atoms with E-state index in [1.165, 1.54) is 0 Å². The lowest BCUT2D eigenvalue weighted by molar-refractivity contribution is 0.0629. The summed E-state index contributed by atoms with van der Waals surface area (Å²) in [4.78, 5) is 27.6. The third kappa shape index (κ3) is 2.69. The minimum absolute atomic E-state index is 0.0386. The van der Waals surface area contributed by atoms with Crippen molar-refractivity contribution in [3.8, 4) is 11.4 Å². The van der Waals surface area contributed by atoms with Crippen molar-refractivity contribution < 1.29 is 14.6 Å². The number of nitrogens with zero attached hydrogens (tertiary/aromatic N) is 4. The predicted molar refractivity (Wildman–Crippen MR) is 89.7 cm³/mol. The molecule has 2 atom stereocenters. The van der Waals surface area contributed by atoms with E-state index in [9.17, 15) is 9.90 Å².